The molecular formula is C11H19NO3. The fourth-order valence-electron chi connectivity index (χ4n) is 1.81. The number of hydrogen-bond acceptors (Lipinski definition) is 3. The number of imide groups is 1. The van der Waals surface area contributed by atoms with Gasteiger partial charge in [0.2, 0.25) is 11.8 Å². The molecule has 4 nitrogen and oxygen atoms in total. The minimum atomic E-state index is -0.549. The van der Waals surface area contributed by atoms with Crippen LogP contribution in [0.3, 0.4) is 0 Å². The molecule has 1 aliphatic rings. The third-order valence-corrected chi connectivity index (χ3v) is 3.37. The molecule has 1 heterocycles. The average Bonchev–Trinajstić information content (AvgIpc) is 2.37. The van der Waals surface area contributed by atoms with Gasteiger partial charge in [0.05, 0.1) is 5.41 Å². The first kappa shape index (κ1) is 12.2. The van der Waals surface area contributed by atoms with Crippen LogP contribution in [-0.2, 0) is 9.59 Å². The van der Waals surface area contributed by atoms with E-state index in [2.05, 4.69) is 0 Å². The molecule has 0 aromatic carbocycles. The highest BCUT2D eigenvalue weighted by atomic mass is 16.3. The van der Waals surface area contributed by atoms with Crippen LogP contribution < -0.4 is 0 Å². The van der Waals surface area contributed by atoms with Crippen LogP contribution >= 0.6 is 0 Å². The molecule has 0 spiro atoms. The Hall–Kier alpha value is -0.900. The van der Waals surface area contributed by atoms with E-state index in [-0.39, 0.29) is 24.3 Å². The second-order valence-electron chi connectivity index (χ2n) is 4.68. The van der Waals surface area contributed by atoms with Gasteiger partial charge in [0.15, 0.2) is 0 Å². The number of carbonyl (C=O) groups is 2. The summed E-state index contributed by atoms with van der Waals surface area (Å²) >= 11 is 0. The average molecular weight is 213 g/mol. The summed E-state index contributed by atoms with van der Waals surface area (Å²) in [6.45, 7) is 6.12. The minimum Gasteiger partial charge on any atom is -0.396 e. The number of amides is 2. The molecule has 0 bridgehead atoms. The fourth-order valence-corrected chi connectivity index (χ4v) is 1.81. The van der Waals surface area contributed by atoms with Gasteiger partial charge in [-0.2, -0.15) is 0 Å². The zero-order valence-electron chi connectivity index (χ0n) is 9.62. The van der Waals surface area contributed by atoms with Gasteiger partial charge in [-0.05, 0) is 19.3 Å². The Morgan fingerprint density at radius 3 is 2.47 bits per heavy atom. The van der Waals surface area contributed by atoms with E-state index >= 15 is 0 Å². The van der Waals surface area contributed by atoms with Gasteiger partial charge >= 0.3 is 0 Å². The van der Waals surface area contributed by atoms with Crippen LogP contribution in [0.15, 0.2) is 0 Å². The van der Waals surface area contributed by atoms with E-state index in [0.717, 1.165) is 0 Å². The third-order valence-electron chi connectivity index (χ3n) is 3.37. The van der Waals surface area contributed by atoms with Crippen LogP contribution in [0.25, 0.3) is 0 Å². The summed E-state index contributed by atoms with van der Waals surface area (Å²) in [5.74, 6) is -0.0336. The van der Waals surface area contributed by atoms with Crippen LogP contribution in [0, 0.1) is 11.3 Å². The van der Waals surface area contributed by atoms with Crippen LogP contribution in [0.5, 0.6) is 0 Å². The van der Waals surface area contributed by atoms with Crippen molar-refractivity contribution in [3.8, 4) is 0 Å². The molecule has 0 aliphatic carbocycles. The van der Waals surface area contributed by atoms with Gasteiger partial charge in [-0.3, -0.25) is 14.5 Å². The monoisotopic (exact) mass is 213 g/mol. The lowest BCUT2D eigenvalue weighted by Gasteiger charge is -2.25. The minimum absolute atomic E-state index is 0.00938. The Bertz CT molecular complexity index is 275. The molecule has 0 radical (unpaired) electrons. The summed E-state index contributed by atoms with van der Waals surface area (Å²) in [6.07, 6.45) is 0.764. The largest absolute Gasteiger partial charge is 0.396 e. The normalized spacial score (nSPS) is 26.9. The van der Waals surface area contributed by atoms with Crippen molar-refractivity contribution in [1.82, 2.24) is 4.90 Å². The zero-order valence-corrected chi connectivity index (χ0v) is 9.62. The number of rotatable bonds is 4. The number of likely N-dealkylation sites (tertiary alicyclic amines) is 1. The van der Waals surface area contributed by atoms with Crippen LogP contribution in [0.1, 0.15) is 33.6 Å². The standard InChI is InChI=1S/C11H19NO3/c1-8(2)11(3)7-9(14)12(10(11)15)5-4-6-13/h8,13H,4-7H2,1-3H3. The van der Waals surface area contributed by atoms with E-state index in [9.17, 15) is 9.59 Å². The molecule has 15 heavy (non-hydrogen) atoms. The predicted molar refractivity (Wildman–Crippen MR) is 56.0 cm³/mol. The van der Waals surface area contributed by atoms with Crippen molar-refractivity contribution in [2.45, 2.75) is 33.6 Å². The maximum Gasteiger partial charge on any atom is 0.235 e. The van der Waals surface area contributed by atoms with E-state index in [1.54, 1.807) is 0 Å². The van der Waals surface area contributed by atoms with Crippen molar-refractivity contribution in [3.05, 3.63) is 0 Å². The van der Waals surface area contributed by atoms with Gasteiger partial charge in [0.1, 0.15) is 0 Å². The maximum atomic E-state index is 12.0. The van der Waals surface area contributed by atoms with Gasteiger partial charge in [0, 0.05) is 19.6 Å². The molecule has 1 saturated heterocycles. The first-order chi connectivity index (χ1) is 6.93. The lowest BCUT2D eigenvalue weighted by atomic mass is 9.78. The molecule has 2 amide bonds. The highest BCUT2D eigenvalue weighted by molar-refractivity contribution is 6.05. The van der Waals surface area contributed by atoms with Gasteiger partial charge in [0.25, 0.3) is 0 Å². The molecular weight excluding hydrogens is 194 g/mol. The van der Waals surface area contributed by atoms with Crippen LogP contribution in [0.2, 0.25) is 0 Å². The summed E-state index contributed by atoms with van der Waals surface area (Å²) in [4.78, 5) is 24.9. The molecule has 1 aliphatic heterocycles. The predicted octanol–water partition coefficient (Wildman–Crippen LogP) is 0.790. The molecule has 1 atom stereocenters. The second-order valence-corrected chi connectivity index (χ2v) is 4.68. The van der Waals surface area contributed by atoms with Gasteiger partial charge in [-0.15, -0.1) is 0 Å². The number of hydrogen-bond donors (Lipinski definition) is 1. The molecule has 1 N–H and O–H groups in total. The second kappa shape index (κ2) is 4.31. The quantitative estimate of drug-likeness (QED) is 0.702. The topological polar surface area (TPSA) is 57.6 Å². The van der Waals surface area contributed by atoms with Crippen molar-refractivity contribution in [3.63, 3.8) is 0 Å². The fraction of sp³-hybridized carbons (Fsp3) is 0.818. The smallest absolute Gasteiger partial charge is 0.235 e. The van der Waals surface area contributed by atoms with Crippen LogP contribution in [-0.4, -0.2) is 35.0 Å². The van der Waals surface area contributed by atoms with E-state index < -0.39 is 5.41 Å². The molecule has 0 saturated carbocycles. The number of carbonyl (C=O) groups excluding carboxylic acids is 2. The summed E-state index contributed by atoms with van der Waals surface area (Å²) < 4.78 is 0. The Balaban J connectivity index is 2.79. The molecule has 0 aromatic heterocycles. The lowest BCUT2D eigenvalue weighted by Crippen LogP contribution is -2.37. The Labute approximate surface area is 90.3 Å². The summed E-state index contributed by atoms with van der Waals surface area (Å²) in [7, 11) is 0. The van der Waals surface area contributed by atoms with E-state index in [4.69, 9.17) is 5.11 Å². The Morgan fingerprint density at radius 2 is 2.07 bits per heavy atom. The first-order valence-corrected chi connectivity index (χ1v) is 5.39. The highest BCUT2D eigenvalue weighted by Gasteiger charge is 2.49. The van der Waals surface area contributed by atoms with Crippen molar-refractivity contribution in [2.75, 3.05) is 13.2 Å². The van der Waals surface area contributed by atoms with Crippen molar-refractivity contribution >= 4 is 11.8 Å². The number of nitrogens with zero attached hydrogens (tertiary/aromatic N) is 1. The van der Waals surface area contributed by atoms with Gasteiger partial charge < -0.3 is 5.11 Å². The summed E-state index contributed by atoms with van der Waals surface area (Å²) in [5, 5.41) is 8.69. The molecule has 0 aromatic rings. The molecule has 1 unspecified atom stereocenters. The van der Waals surface area contributed by atoms with Crippen molar-refractivity contribution in [2.24, 2.45) is 11.3 Å². The lowest BCUT2D eigenvalue weighted by molar-refractivity contribution is -0.142. The van der Waals surface area contributed by atoms with Crippen molar-refractivity contribution < 1.29 is 14.7 Å². The number of aliphatic hydroxyl groups is 1. The third kappa shape index (κ3) is 2.04. The summed E-state index contributed by atoms with van der Waals surface area (Å²) in [6, 6.07) is 0. The van der Waals surface area contributed by atoms with E-state index in [1.807, 2.05) is 20.8 Å². The van der Waals surface area contributed by atoms with Gasteiger partial charge in [-0.25, -0.2) is 0 Å². The summed E-state index contributed by atoms with van der Waals surface area (Å²) in [5.41, 5.74) is -0.549. The van der Waals surface area contributed by atoms with E-state index in [1.165, 1.54) is 4.90 Å². The SMILES string of the molecule is CC(C)C1(C)CC(=O)N(CCCO)C1=O. The molecule has 86 valence electrons. The Kier molecular flexibility index (Phi) is 3.50. The molecule has 1 fully saturated rings. The van der Waals surface area contributed by atoms with Crippen LogP contribution in [0.4, 0.5) is 0 Å². The zero-order chi connectivity index (χ0) is 11.6. The highest BCUT2D eigenvalue weighted by Crippen LogP contribution is 2.39. The van der Waals surface area contributed by atoms with Crippen molar-refractivity contribution in [1.29, 1.82) is 0 Å². The van der Waals surface area contributed by atoms with E-state index in [0.29, 0.717) is 19.4 Å². The first-order valence-electron chi connectivity index (χ1n) is 5.39. The van der Waals surface area contributed by atoms with Gasteiger partial charge in [-0.1, -0.05) is 13.8 Å². The molecule has 4 heteroatoms. The molecule has 1 rings (SSSR count). The number of aliphatic hydroxyl groups excluding tert-OH is 1. The maximum absolute atomic E-state index is 12.0. The Morgan fingerprint density at radius 1 is 1.47 bits per heavy atom.